The number of rotatable bonds is 3. The van der Waals surface area contributed by atoms with Gasteiger partial charge in [-0.05, 0) is 38.8 Å². The summed E-state index contributed by atoms with van der Waals surface area (Å²) in [5.74, 6) is 0.823. The normalized spacial score (nSPS) is 24.0. The molecule has 6 nitrogen and oxygen atoms in total. The summed E-state index contributed by atoms with van der Waals surface area (Å²) in [6.45, 7) is 5.28. The van der Waals surface area contributed by atoms with Gasteiger partial charge in [-0.1, -0.05) is 12.1 Å². The maximum atomic E-state index is 13.1. The van der Waals surface area contributed by atoms with E-state index >= 15 is 0 Å². The lowest BCUT2D eigenvalue weighted by molar-refractivity contribution is -0.136. The highest BCUT2D eigenvalue weighted by Crippen LogP contribution is 2.34. The summed E-state index contributed by atoms with van der Waals surface area (Å²) in [5.41, 5.74) is 1.93. The van der Waals surface area contributed by atoms with E-state index in [4.69, 9.17) is 0 Å². The van der Waals surface area contributed by atoms with Crippen LogP contribution in [-0.4, -0.2) is 50.7 Å². The number of carbonyl (C=O) groups excluding carboxylic acids is 2. The molecule has 2 fully saturated rings. The van der Waals surface area contributed by atoms with Crippen molar-refractivity contribution >= 4 is 22.8 Å². The number of para-hydroxylation sites is 2. The van der Waals surface area contributed by atoms with Crippen molar-refractivity contribution in [3.8, 4) is 0 Å². The molecule has 6 heteroatoms. The van der Waals surface area contributed by atoms with Crippen LogP contribution in [0, 0.1) is 5.92 Å². The number of nitrogens with zero attached hydrogens (tertiary/aromatic N) is 3. The zero-order valence-electron chi connectivity index (χ0n) is 14.7. The summed E-state index contributed by atoms with van der Waals surface area (Å²) < 4.78 is 0. The quantitative estimate of drug-likeness (QED) is 0.933. The Bertz CT molecular complexity index is 780. The number of fused-ring (bicyclic) bond motifs is 1. The molecule has 0 radical (unpaired) electrons. The Morgan fingerprint density at radius 2 is 2.12 bits per heavy atom. The van der Waals surface area contributed by atoms with Crippen LogP contribution in [0.25, 0.3) is 11.0 Å². The number of aromatic amines is 1. The molecule has 4 rings (SSSR count). The molecule has 0 bridgehead atoms. The zero-order valence-corrected chi connectivity index (χ0v) is 14.7. The Hall–Kier alpha value is -2.37. The largest absolute Gasteiger partial charge is 0.340 e. The average molecular weight is 340 g/mol. The molecule has 25 heavy (non-hydrogen) atoms. The van der Waals surface area contributed by atoms with Crippen LogP contribution in [-0.2, 0) is 9.59 Å². The molecule has 2 amide bonds. The Labute approximate surface area is 147 Å². The van der Waals surface area contributed by atoms with Crippen LogP contribution < -0.4 is 0 Å². The number of benzene rings is 1. The molecular formula is C19H24N4O2. The van der Waals surface area contributed by atoms with Crippen LogP contribution in [0.15, 0.2) is 24.3 Å². The van der Waals surface area contributed by atoms with E-state index in [0.717, 1.165) is 36.2 Å². The van der Waals surface area contributed by atoms with Gasteiger partial charge in [0.25, 0.3) is 0 Å². The first-order valence-electron chi connectivity index (χ1n) is 9.09. The van der Waals surface area contributed by atoms with E-state index < -0.39 is 0 Å². The zero-order chi connectivity index (χ0) is 17.6. The molecule has 2 saturated heterocycles. The van der Waals surface area contributed by atoms with E-state index in [1.807, 2.05) is 47.9 Å². The Balaban J connectivity index is 1.55. The molecule has 2 aliphatic heterocycles. The highest BCUT2D eigenvalue weighted by atomic mass is 16.2. The first-order valence-corrected chi connectivity index (χ1v) is 9.09. The first kappa shape index (κ1) is 16.1. The molecule has 0 aliphatic carbocycles. The maximum absolute atomic E-state index is 13.1. The lowest BCUT2D eigenvalue weighted by Gasteiger charge is -2.26. The van der Waals surface area contributed by atoms with Crippen molar-refractivity contribution < 1.29 is 9.59 Å². The van der Waals surface area contributed by atoms with Crippen molar-refractivity contribution in [2.45, 2.75) is 45.2 Å². The number of likely N-dealkylation sites (tertiary alicyclic amines) is 2. The number of amides is 2. The van der Waals surface area contributed by atoms with Crippen LogP contribution in [0.3, 0.4) is 0 Å². The van der Waals surface area contributed by atoms with E-state index in [1.165, 1.54) is 0 Å². The van der Waals surface area contributed by atoms with E-state index in [2.05, 4.69) is 9.97 Å². The Morgan fingerprint density at radius 1 is 1.32 bits per heavy atom. The number of H-pyrrole nitrogens is 1. The SMILES string of the molecule is CC(C)N1C[C@@H](C(=O)N2CCC[C@H]2c2nc3ccccc3[nH]2)CC1=O. The van der Waals surface area contributed by atoms with Crippen LogP contribution in [0.1, 0.15) is 45.0 Å². The number of carbonyl (C=O) groups is 2. The first-order chi connectivity index (χ1) is 12.0. The van der Waals surface area contributed by atoms with Gasteiger partial charge in [-0.25, -0.2) is 4.98 Å². The molecular weight excluding hydrogens is 316 g/mol. The highest BCUT2D eigenvalue weighted by molar-refractivity contribution is 5.89. The molecule has 0 unspecified atom stereocenters. The summed E-state index contributed by atoms with van der Waals surface area (Å²) in [4.78, 5) is 37.0. The molecule has 1 aromatic heterocycles. The molecule has 2 aliphatic rings. The Morgan fingerprint density at radius 3 is 2.84 bits per heavy atom. The van der Waals surface area contributed by atoms with Crippen molar-refractivity contribution in [3.05, 3.63) is 30.1 Å². The highest BCUT2D eigenvalue weighted by Gasteiger charge is 2.41. The maximum Gasteiger partial charge on any atom is 0.228 e. The van der Waals surface area contributed by atoms with E-state index in [0.29, 0.717) is 13.0 Å². The van der Waals surface area contributed by atoms with Gasteiger partial charge in [0, 0.05) is 25.6 Å². The lowest BCUT2D eigenvalue weighted by Crippen LogP contribution is -2.38. The molecule has 1 aromatic carbocycles. The second-order valence-corrected chi connectivity index (χ2v) is 7.37. The van der Waals surface area contributed by atoms with E-state index in [9.17, 15) is 9.59 Å². The molecule has 1 N–H and O–H groups in total. The fourth-order valence-electron chi connectivity index (χ4n) is 4.08. The number of imidazole rings is 1. The summed E-state index contributed by atoms with van der Waals surface area (Å²) in [5, 5.41) is 0. The second-order valence-electron chi connectivity index (χ2n) is 7.37. The minimum absolute atomic E-state index is 0.0110. The van der Waals surface area contributed by atoms with Gasteiger partial charge in [0.05, 0.1) is 23.0 Å². The van der Waals surface area contributed by atoms with Gasteiger partial charge in [-0.15, -0.1) is 0 Å². The lowest BCUT2D eigenvalue weighted by atomic mass is 10.1. The van der Waals surface area contributed by atoms with Gasteiger partial charge in [0.2, 0.25) is 11.8 Å². The van der Waals surface area contributed by atoms with Crippen molar-refractivity contribution in [2.24, 2.45) is 5.92 Å². The predicted molar refractivity (Wildman–Crippen MR) is 94.7 cm³/mol. The van der Waals surface area contributed by atoms with Gasteiger partial charge in [-0.2, -0.15) is 0 Å². The topological polar surface area (TPSA) is 69.3 Å². The minimum atomic E-state index is -0.222. The monoisotopic (exact) mass is 340 g/mol. The Kier molecular flexibility index (Phi) is 3.98. The molecule has 3 heterocycles. The molecule has 132 valence electrons. The number of hydrogen-bond donors (Lipinski definition) is 1. The van der Waals surface area contributed by atoms with Gasteiger partial charge >= 0.3 is 0 Å². The molecule has 2 aromatic rings. The molecule has 2 atom stereocenters. The second kappa shape index (κ2) is 6.17. The van der Waals surface area contributed by atoms with Crippen LogP contribution in [0.4, 0.5) is 0 Å². The van der Waals surface area contributed by atoms with Crippen LogP contribution >= 0.6 is 0 Å². The number of nitrogens with one attached hydrogen (secondary N) is 1. The van der Waals surface area contributed by atoms with Gasteiger partial charge < -0.3 is 14.8 Å². The summed E-state index contributed by atoms with van der Waals surface area (Å²) in [6, 6.07) is 8.07. The summed E-state index contributed by atoms with van der Waals surface area (Å²) in [7, 11) is 0. The van der Waals surface area contributed by atoms with E-state index in [1.54, 1.807) is 0 Å². The van der Waals surface area contributed by atoms with Crippen molar-refractivity contribution in [2.75, 3.05) is 13.1 Å². The minimum Gasteiger partial charge on any atom is -0.340 e. The van der Waals surface area contributed by atoms with Gasteiger partial charge in [0.15, 0.2) is 0 Å². The third kappa shape index (κ3) is 2.79. The fraction of sp³-hybridized carbons (Fsp3) is 0.526. The van der Waals surface area contributed by atoms with Crippen LogP contribution in [0.2, 0.25) is 0 Å². The van der Waals surface area contributed by atoms with Crippen LogP contribution in [0.5, 0.6) is 0 Å². The third-order valence-electron chi connectivity index (χ3n) is 5.39. The van der Waals surface area contributed by atoms with Crippen molar-refractivity contribution in [3.63, 3.8) is 0 Å². The van der Waals surface area contributed by atoms with Gasteiger partial charge in [0.1, 0.15) is 5.82 Å². The van der Waals surface area contributed by atoms with Crippen molar-refractivity contribution in [1.82, 2.24) is 19.8 Å². The predicted octanol–water partition coefficient (Wildman–Crippen LogP) is 2.48. The fourth-order valence-corrected chi connectivity index (χ4v) is 4.08. The standard InChI is InChI=1S/C19H24N4O2/c1-12(2)23-11-13(10-17(23)24)19(25)22-9-5-8-16(22)18-20-14-6-3-4-7-15(14)21-18/h3-4,6-7,12-13,16H,5,8-11H2,1-2H3,(H,20,21)/t13-,16-/m0/s1. The van der Waals surface area contributed by atoms with E-state index in [-0.39, 0.29) is 29.8 Å². The molecule has 0 spiro atoms. The average Bonchev–Trinajstić information content (AvgIpc) is 3.30. The smallest absolute Gasteiger partial charge is 0.228 e. The summed E-state index contributed by atoms with van der Waals surface area (Å²) >= 11 is 0. The van der Waals surface area contributed by atoms with Gasteiger partial charge in [-0.3, -0.25) is 9.59 Å². The molecule has 0 saturated carbocycles. The number of aromatic nitrogens is 2. The summed E-state index contributed by atoms with van der Waals surface area (Å²) in [6.07, 6.45) is 2.22. The number of hydrogen-bond acceptors (Lipinski definition) is 3. The third-order valence-corrected chi connectivity index (χ3v) is 5.39. The van der Waals surface area contributed by atoms with Crippen molar-refractivity contribution in [1.29, 1.82) is 0 Å².